The Bertz CT molecular complexity index is 1040. The van der Waals surface area contributed by atoms with Crippen LogP contribution in [0.5, 0.6) is 0 Å². The van der Waals surface area contributed by atoms with Crippen molar-refractivity contribution in [3.63, 3.8) is 0 Å². The SMILES string of the molecule is Nc1ccc(Nc2ccc(CC(=O)c3ccc(N4CCC(O)CC4)cc3)cc2)c(F)c1. The zero-order chi connectivity index (χ0) is 21.8. The summed E-state index contributed by atoms with van der Waals surface area (Å²) in [6.07, 6.45) is 1.64. The molecule has 1 heterocycles. The van der Waals surface area contributed by atoms with Gasteiger partial charge in [0.2, 0.25) is 0 Å². The van der Waals surface area contributed by atoms with E-state index in [1.165, 1.54) is 6.07 Å². The Balaban J connectivity index is 1.36. The first-order valence-electron chi connectivity index (χ1n) is 10.5. The first-order chi connectivity index (χ1) is 15.0. The van der Waals surface area contributed by atoms with Gasteiger partial charge in [-0.25, -0.2) is 4.39 Å². The fourth-order valence-electron chi connectivity index (χ4n) is 3.76. The van der Waals surface area contributed by atoms with Gasteiger partial charge in [0.1, 0.15) is 5.82 Å². The first-order valence-corrected chi connectivity index (χ1v) is 10.5. The van der Waals surface area contributed by atoms with Gasteiger partial charge >= 0.3 is 0 Å². The first kappa shape index (κ1) is 20.9. The second kappa shape index (κ2) is 9.18. The van der Waals surface area contributed by atoms with Crippen molar-refractivity contribution in [1.82, 2.24) is 0 Å². The van der Waals surface area contributed by atoms with Crippen molar-refractivity contribution < 1.29 is 14.3 Å². The number of nitrogens with one attached hydrogen (secondary N) is 1. The zero-order valence-corrected chi connectivity index (χ0v) is 17.2. The highest BCUT2D eigenvalue weighted by atomic mass is 19.1. The van der Waals surface area contributed by atoms with E-state index in [1.807, 2.05) is 48.5 Å². The second-order valence-electron chi connectivity index (χ2n) is 7.93. The molecule has 1 aliphatic heterocycles. The number of anilines is 4. The average Bonchev–Trinajstić information content (AvgIpc) is 2.77. The van der Waals surface area contributed by atoms with Crippen LogP contribution in [-0.2, 0) is 6.42 Å². The van der Waals surface area contributed by atoms with Crippen LogP contribution in [0.1, 0.15) is 28.8 Å². The molecule has 0 saturated carbocycles. The lowest BCUT2D eigenvalue weighted by molar-refractivity contribution is 0.0993. The molecule has 3 aromatic carbocycles. The zero-order valence-electron chi connectivity index (χ0n) is 17.2. The number of carbonyl (C=O) groups excluding carboxylic acids is 1. The lowest BCUT2D eigenvalue weighted by atomic mass is 10.0. The number of nitrogens with two attached hydrogens (primary N) is 1. The standard InChI is InChI=1S/C25H26FN3O2/c26-23-16-19(27)5-10-24(23)28-20-6-1-17(2-7-20)15-25(31)18-3-8-21(9-4-18)29-13-11-22(30)12-14-29/h1-10,16,22,28,30H,11-15,27H2. The van der Waals surface area contributed by atoms with E-state index in [0.29, 0.717) is 23.4 Å². The van der Waals surface area contributed by atoms with Crippen molar-refractivity contribution in [1.29, 1.82) is 0 Å². The molecule has 4 N–H and O–H groups in total. The summed E-state index contributed by atoms with van der Waals surface area (Å²) in [4.78, 5) is 14.9. The molecule has 0 atom stereocenters. The molecule has 1 fully saturated rings. The number of rotatable bonds is 6. The van der Waals surface area contributed by atoms with E-state index in [1.54, 1.807) is 12.1 Å². The Kier molecular flexibility index (Phi) is 6.18. The normalized spacial score (nSPS) is 14.5. The second-order valence-corrected chi connectivity index (χ2v) is 7.93. The minimum Gasteiger partial charge on any atom is -0.399 e. The van der Waals surface area contributed by atoms with Crippen LogP contribution in [0.4, 0.5) is 27.1 Å². The maximum atomic E-state index is 13.9. The number of aliphatic hydroxyl groups excluding tert-OH is 1. The van der Waals surface area contributed by atoms with Crippen LogP contribution < -0.4 is 16.0 Å². The fourth-order valence-corrected chi connectivity index (χ4v) is 3.76. The molecular formula is C25H26FN3O2. The number of ketones is 1. The molecule has 0 unspecified atom stereocenters. The number of hydrogen-bond acceptors (Lipinski definition) is 5. The third kappa shape index (κ3) is 5.22. The molecule has 5 nitrogen and oxygen atoms in total. The molecule has 0 spiro atoms. The minimum absolute atomic E-state index is 0.0471. The molecule has 0 amide bonds. The van der Waals surface area contributed by atoms with E-state index in [2.05, 4.69) is 10.2 Å². The van der Waals surface area contributed by atoms with E-state index in [-0.39, 0.29) is 11.9 Å². The van der Waals surface area contributed by atoms with Gasteiger partial charge < -0.3 is 21.1 Å². The third-order valence-corrected chi connectivity index (χ3v) is 5.61. The summed E-state index contributed by atoms with van der Waals surface area (Å²) in [6.45, 7) is 1.66. The monoisotopic (exact) mass is 419 g/mol. The molecule has 0 aliphatic carbocycles. The number of aliphatic hydroxyl groups is 1. The van der Waals surface area contributed by atoms with E-state index in [9.17, 15) is 14.3 Å². The quantitative estimate of drug-likeness (QED) is 0.404. The lowest BCUT2D eigenvalue weighted by Gasteiger charge is -2.31. The van der Waals surface area contributed by atoms with Gasteiger partial charge in [-0.2, -0.15) is 0 Å². The van der Waals surface area contributed by atoms with Crippen molar-refractivity contribution in [2.24, 2.45) is 0 Å². The van der Waals surface area contributed by atoms with Crippen molar-refractivity contribution >= 4 is 28.5 Å². The van der Waals surface area contributed by atoms with Crippen LogP contribution in [0, 0.1) is 5.82 Å². The summed E-state index contributed by atoms with van der Waals surface area (Å²) in [6, 6.07) is 19.6. The third-order valence-electron chi connectivity index (χ3n) is 5.61. The number of hydrogen-bond donors (Lipinski definition) is 3. The number of nitrogens with zero attached hydrogens (tertiary/aromatic N) is 1. The molecule has 31 heavy (non-hydrogen) atoms. The Hall–Kier alpha value is -3.38. The molecule has 6 heteroatoms. The molecule has 1 aliphatic rings. The summed E-state index contributed by atoms with van der Waals surface area (Å²) < 4.78 is 13.9. The topological polar surface area (TPSA) is 78.6 Å². The molecule has 0 bridgehead atoms. The number of nitrogen functional groups attached to an aromatic ring is 1. The number of carbonyl (C=O) groups is 1. The Morgan fingerprint density at radius 1 is 1.03 bits per heavy atom. The molecule has 4 rings (SSSR count). The summed E-state index contributed by atoms with van der Waals surface area (Å²) in [5.74, 6) is -0.366. The van der Waals surface area contributed by atoms with Gasteiger partial charge in [0, 0.05) is 42.1 Å². The van der Waals surface area contributed by atoms with Crippen molar-refractivity contribution in [2.45, 2.75) is 25.4 Å². The maximum Gasteiger partial charge on any atom is 0.167 e. The Labute approximate surface area is 181 Å². The van der Waals surface area contributed by atoms with Crippen LogP contribution in [0.25, 0.3) is 0 Å². The van der Waals surface area contributed by atoms with Gasteiger partial charge in [-0.3, -0.25) is 4.79 Å². The van der Waals surface area contributed by atoms with Gasteiger partial charge in [0.15, 0.2) is 5.78 Å². The number of halogens is 1. The van der Waals surface area contributed by atoms with E-state index in [4.69, 9.17) is 5.73 Å². The highest BCUT2D eigenvalue weighted by Gasteiger charge is 2.17. The van der Waals surface area contributed by atoms with Crippen LogP contribution in [0.15, 0.2) is 66.7 Å². The van der Waals surface area contributed by atoms with E-state index in [0.717, 1.165) is 42.9 Å². The predicted octanol–water partition coefficient (Wildman–Crippen LogP) is 4.54. The van der Waals surface area contributed by atoms with Crippen LogP contribution in [-0.4, -0.2) is 30.1 Å². The van der Waals surface area contributed by atoms with Crippen LogP contribution >= 0.6 is 0 Å². The van der Waals surface area contributed by atoms with Gasteiger partial charge in [-0.15, -0.1) is 0 Å². The minimum atomic E-state index is -0.413. The van der Waals surface area contributed by atoms with Gasteiger partial charge in [0.05, 0.1) is 11.8 Å². The van der Waals surface area contributed by atoms with Crippen molar-refractivity contribution in [3.8, 4) is 0 Å². The van der Waals surface area contributed by atoms with Gasteiger partial charge in [0.25, 0.3) is 0 Å². The number of benzene rings is 3. The highest BCUT2D eigenvalue weighted by Crippen LogP contribution is 2.23. The summed E-state index contributed by atoms with van der Waals surface area (Å²) >= 11 is 0. The molecule has 1 saturated heterocycles. The van der Waals surface area contributed by atoms with E-state index < -0.39 is 5.82 Å². The molecule has 0 radical (unpaired) electrons. The molecular weight excluding hydrogens is 393 g/mol. The van der Waals surface area contributed by atoms with E-state index >= 15 is 0 Å². The molecule has 0 aromatic heterocycles. The lowest BCUT2D eigenvalue weighted by Crippen LogP contribution is -2.35. The van der Waals surface area contributed by atoms with Crippen molar-refractivity contribution in [3.05, 3.63) is 83.7 Å². The predicted molar refractivity (Wildman–Crippen MR) is 122 cm³/mol. The van der Waals surface area contributed by atoms with Crippen LogP contribution in [0.2, 0.25) is 0 Å². The highest BCUT2D eigenvalue weighted by molar-refractivity contribution is 5.97. The van der Waals surface area contributed by atoms with Crippen molar-refractivity contribution in [2.75, 3.05) is 29.0 Å². The summed E-state index contributed by atoms with van der Waals surface area (Å²) in [5.41, 5.74) is 9.67. The smallest absolute Gasteiger partial charge is 0.167 e. The Morgan fingerprint density at radius 3 is 2.35 bits per heavy atom. The summed E-state index contributed by atoms with van der Waals surface area (Å²) in [7, 11) is 0. The maximum absolute atomic E-state index is 13.9. The number of piperidine rings is 1. The average molecular weight is 420 g/mol. The fraction of sp³-hybridized carbons (Fsp3) is 0.240. The molecule has 160 valence electrons. The summed E-state index contributed by atoms with van der Waals surface area (Å²) in [5, 5.41) is 12.7. The van der Waals surface area contributed by atoms with Gasteiger partial charge in [-0.05, 0) is 73.0 Å². The van der Waals surface area contributed by atoms with Gasteiger partial charge in [-0.1, -0.05) is 12.1 Å². The largest absolute Gasteiger partial charge is 0.399 e. The Morgan fingerprint density at radius 2 is 1.71 bits per heavy atom. The van der Waals surface area contributed by atoms with Crippen LogP contribution in [0.3, 0.4) is 0 Å². The number of Topliss-reactive ketones (excluding diaryl/α,β-unsaturated/α-hetero) is 1. The molecule has 3 aromatic rings.